The molecule has 1 unspecified atom stereocenters. The molecular weight excluding hydrogens is 1090 g/mol. The molecule has 0 aliphatic carbocycles. The number of carbonyl (C=O) groups is 4. The van der Waals surface area contributed by atoms with E-state index in [1.54, 1.807) is 47.2 Å². The Labute approximate surface area is 473 Å². The molecule has 4 N–H and O–H groups in total. The second-order valence-electron chi connectivity index (χ2n) is 18.6. The van der Waals surface area contributed by atoms with Crippen LogP contribution in [0.4, 0.5) is 36.2 Å². The first kappa shape index (κ1) is 51.8. The fourth-order valence-electron chi connectivity index (χ4n) is 9.55. The fourth-order valence-corrected chi connectivity index (χ4v) is 13.3. The van der Waals surface area contributed by atoms with Crippen LogP contribution in [0, 0.1) is 0 Å². The number of para-hydroxylation sites is 2. The van der Waals surface area contributed by atoms with Crippen molar-refractivity contribution >= 4 is 116 Å². The quantitative estimate of drug-likeness (QED) is 0.0750. The molecule has 2 aliphatic heterocycles. The number of hydrogen-bond acceptors (Lipinski definition) is 16. The highest BCUT2D eigenvalue weighted by atomic mass is 32.1. The van der Waals surface area contributed by atoms with Gasteiger partial charge in [-0.05, 0) is 121 Å². The van der Waals surface area contributed by atoms with E-state index in [-0.39, 0.29) is 24.0 Å². The number of ether oxygens (including phenoxy) is 3. The number of thiazole rings is 4. The molecule has 402 valence electrons. The Morgan fingerprint density at radius 1 is 0.662 bits per heavy atom. The summed E-state index contributed by atoms with van der Waals surface area (Å²) in [6.07, 6.45) is 0.851. The molecule has 6 aromatic carbocycles. The van der Waals surface area contributed by atoms with Crippen molar-refractivity contribution < 1.29 is 43.6 Å². The molecule has 0 spiro atoms. The summed E-state index contributed by atoms with van der Waals surface area (Å²) in [4.78, 5) is 78.0. The minimum atomic E-state index is -1.17. The number of rotatable bonds is 15. The lowest BCUT2D eigenvalue weighted by molar-refractivity contribution is 0.0681. The summed E-state index contributed by atoms with van der Waals surface area (Å²) in [6, 6.07) is 40.3. The first-order valence-electron chi connectivity index (χ1n) is 25.4. The molecular formula is C58H47N9O9S4. The second kappa shape index (κ2) is 22.1. The highest BCUT2D eigenvalue weighted by Gasteiger charge is 2.34. The van der Waals surface area contributed by atoms with Gasteiger partial charge in [-0.1, -0.05) is 82.5 Å². The maximum Gasteiger partial charge on any atom is 0.357 e. The van der Waals surface area contributed by atoms with E-state index in [1.165, 1.54) is 45.3 Å². The molecule has 2 aliphatic rings. The van der Waals surface area contributed by atoms with Crippen LogP contribution in [0.2, 0.25) is 0 Å². The van der Waals surface area contributed by atoms with Crippen molar-refractivity contribution in [2.45, 2.75) is 25.9 Å². The van der Waals surface area contributed by atoms with Crippen molar-refractivity contribution in [2.75, 3.05) is 65.2 Å². The van der Waals surface area contributed by atoms with Crippen LogP contribution in [0.5, 0.6) is 17.2 Å². The lowest BCUT2D eigenvalue weighted by Crippen LogP contribution is -2.42. The molecule has 4 amide bonds. The number of anilines is 5. The van der Waals surface area contributed by atoms with Gasteiger partial charge < -0.3 is 29.3 Å². The fraction of sp³-hybridized carbons (Fsp3) is 0.172. The number of hydrogen-bond donors (Lipinski definition) is 4. The van der Waals surface area contributed by atoms with Gasteiger partial charge >= 0.3 is 24.0 Å². The Kier molecular flexibility index (Phi) is 14.3. The van der Waals surface area contributed by atoms with E-state index in [2.05, 4.69) is 25.6 Å². The molecule has 0 fully saturated rings. The van der Waals surface area contributed by atoms with Crippen LogP contribution in [0.25, 0.3) is 52.0 Å². The van der Waals surface area contributed by atoms with E-state index in [1.807, 2.05) is 115 Å². The molecule has 12 rings (SSSR count). The number of nitrogens with zero attached hydrogens (tertiary/aromatic N) is 7. The lowest BCUT2D eigenvalue weighted by atomic mass is 10.00. The van der Waals surface area contributed by atoms with Gasteiger partial charge in [0.25, 0.3) is 0 Å². The molecule has 0 saturated carbocycles. The summed E-state index contributed by atoms with van der Waals surface area (Å²) in [5.41, 5.74) is 6.08. The van der Waals surface area contributed by atoms with Crippen molar-refractivity contribution in [1.82, 2.24) is 19.9 Å². The molecule has 1 atom stereocenters. The number of likely N-dealkylation sites (N-methyl/N-ethyl adjacent to an activating group) is 1. The van der Waals surface area contributed by atoms with Gasteiger partial charge in [-0.25, -0.2) is 39.1 Å². The average molecular weight is 1140 g/mol. The number of urea groups is 2. The molecule has 0 radical (unpaired) electrons. The number of carboxylic acid groups (broad SMARTS) is 2. The highest BCUT2D eigenvalue weighted by Crippen LogP contribution is 2.45. The molecule has 0 bridgehead atoms. The van der Waals surface area contributed by atoms with E-state index >= 15 is 0 Å². The minimum absolute atomic E-state index is 0.0517. The summed E-state index contributed by atoms with van der Waals surface area (Å²) >= 11 is 5.18. The maximum atomic E-state index is 14.5. The standard InChI is InChI=1S/C58H47N9O9S4/c1-3-74-38-21-17-33(18-22-38)49-47(53(68)69)61-50(79-49)35-16-15-32-10-9-25-66(41(32)29-35)57(72)63-56-60-40-28-34(20-24-46(40)78-56)44-31-67(58(73)64-55-59-39-13-7-8-14-45(39)77-55)42-30-36(19-23-43(42)76-44)51-62-48(54(70)71)52(80-51)65(2)26-27-75-37-11-5-4-6-12-37/h4-8,11-24,28-30,44H,3,9-10,25-27,31H2,1-2H3,(H,68,69)(H,70,71)(H,59,64,73)(H,60,63,72). The van der Waals surface area contributed by atoms with E-state index in [4.69, 9.17) is 19.2 Å². The van der Waals surface area contributed by atoms with Crippen molar-refractivity contribution in [3.8, 4) is 48.8 Å². The molecule has 18 nitrogen and oxygen atoms in total. The van der Waals surface area contributed by atoms with Crippen LogP contribution in [0.15, 0.2) is 133 Å². The average Bonchev–Trinajstić information content (AvgIpc) is 4.43. The van der Waals surface area contributed by atoms with Crippen molar-refractivity contribution in [3.63, 3.8) is 0 Å². The summed E-state index contributed by atoms with van der Waals surface area (Å²) in [5.74, 6) is -0.498. The summed E-state index contributed by atoms with van der Waals surface area (Å²) in [5, 5.41) is 28.7. The number of aromatic carboxylic acids is 2. The van der Waals surface area contributed by atoms with E-state index in [9.17, 15) is 29.4 Å². The molecule has 80 heavy (non-hydrogen) atoms. The predicted molar refractivity (Wildman–Crippen MR) is 314 cm³/mol. The number of aryl methyl sites for hydroxylation is 1. The summed E-state index contributed by atoms with van der Waals surface area (Å²) in [7, 11) is 1.80. The van der Waals surface area contributed by atoms with Gasteiger partial charge in [0.1, 0.15) is 45.0 Å². The number of fused-ring (bicyclic) bond motifs is 4. The zero-order valence-electron chi connectivity index (χ0n) is 42.7. The molecule has 6 heterocycles. The number of nitrogens with one attached hydrogen (secondary N) is 2. The van der Waals surface area contributed by atoms with Gasteiger partial charge in [0, 0.05) is 30.4 Å². The minimum Gasteiger partial charge on any atom is -0.494 e. The molecule has 10 aromatic rings. The van der Waals surface area contributed by atoms with Crippen LogP contribution in [0.1, 0.15) is 51.6 Å². The Hall–Kier alpha value is -8.96. The monoisotopic (exact) mass is 1140 g/mol. The van der Waals surface area contributed by atoms with Crippen molar-refractivity contribution in [1.29, 1.82) is 0 Å². The topological polar surface area (TPSA) is 222 Å². The number of benzene rings is 6. The normalized spacial score (nSPS) is 13.8. The Bertz CT molecular complexity index is 3980. The third-order valence-corrected chi connectivity index (χ3v) is 17.7. The third kappa shape index (κ3) is 10.6. The summed E-state index contributed by atoms with van der Waals surface area (Å²) < 4.78 is 19.9. The number of amides is 4. The number of carboxylic acids is 2. The molecule has 0 saturated heterocycles. The highest BCUT2D eigenvalue weighted by molar-refractivity contribution is 7.22. The first-order valence-corrected chi connectivity index (χ1v) is 28.7. The smallest absolute Gasteiger partial charge is 0.357 e. The first-order chi connectivity index (χ1) is 38.9. The number of carbonyl (C=O) groups excluding carboxylic acids is 2. The zero-order valence-corrected chi connectivity index (χ0v) is 46.0. The van der Waals surface area contributed by atoms with Gasteiger partial charge in [0.15, 0.2) is 21.7 Å². The van der Waals surface area contributed by atoms with Crippen molar-refractivity contribution in [2.24, 2.45) is 0 Å². The van der Waals surface area contributed by atoms with Gasteiger partial charge in [-0.2, -0.15) is 0 Å². The molecule has 4 aromatic heterocycles. The van der Waals surface area contributed by atoms with E-state index in [0.717, 1.165) is 38.9 Å². The Morgan fingerprint density at radius 3 is 2.06 bits per heavy atom. The van der Waals surface area contributed by atoms with Crippen LogP contribution in [-0.4, -0.2) is 94.0 Å². The largest absolute Gasteiger partial charge is 0.494 e. The van der Waals surface area contributed by atoms with E-state index < -0.39 is 24.1 Å². The van der Waals surface area contributed by atoms with Crippen molar-refractivity contribution in [3.05, 3.63) is 156 Å². The Morgan fingerprint density at radius 2 is 1.31 bits per heavy atom. The zero-order chi connectivity index (χ0) is 55.0. The van der Waals surface area contributed by atoms with Crippen LogP contribution in [-0.2, 0) is 6.42 Å². The maximum absolute atomic E-state index is 14.5. The third-order valence-electron chi connectivity index (χ3n) is 13.4. The number of aromatic nitrogens is 4. The van der Waals surface area contributed by atoms with Crippen LogP contribution < -0.4 is 39.5 Å². The van der Waals surface area contributed by atoms with Gasteiger partial charge in [0.05, 0.1) is 50.7 Å². The predicted octanol–water partition coefficient (Wildman–Crippen LogP) is 13.3. The lowest BCUT2D eigenvalue weighted by Gasteiger charge is -2.35. The van der Waals surface area contributed by atoms with Crippen LogP contribution >= 0.6 is 45.3 Å². The SMILES string of the molecule is CCOc1ccc(-c2sc(-c3ccc4c(c3)N(C(=O)Nc3nc5cc(C6CN(C(=O)Nc7nc8ccccc8s7)c7cc(-c8nc(C(=O)O)c(N(C)CCOc9ccccc9)s8)ccc7O6)ccc5s3)CCC4)nc2C(=O)O)cc1. The van der Waals surface area contributed by atoms with Crippen LogP contribution in [0.3, 0.4) is 0 Å². The van der Waals surface area contributed by atoms with Gasteiger partial charge in [-0.3, -0.25) is 20.4 Å². The van der Waals surface area contributed by atoms with Gasteiger partial charge in [-0.15, -0.1) is 11.3 Å². The van der Waals surface area contributed by atoms with Gasteiger partial charge in [0.2, 0.25) is 0 Å². The molecule has 22 heteroatoms. The second-order valence-corrected chi connectivity index (χ2v) is 22.6. The van der Waals surface area contributed by atoms with E-state index in [0.29, 0.717) is 107 Å². The Balaban J connectivity index is 0.794. The summed E-state index contributed by atoms with van der Waals surface area (Å²) in [6.45, 7) is 3.66.